The Morgan fingerprint density at radius 2 is 1.56 bits per heavy atom. The molecule has 0 bridgehead atoms. The predicted octanol–water partition coefficient (Wildman–Crippen LogP) is 4.19. The fraction of sp³-hybridized carbons (Fsp3) is 0.0667. The van der Waals surface area contributed by atoms with E-state index < -0.39 is 0 Å². The number of hydrogen-bond acceptors (Lipinski definition) is 2. The number of aromatic nitrogens is 2. The Balaban J connectivity index is 2.26. The third kappa shape index (κ3) is 2.02. The van der Waals surface area contributed by atoms with Crippen LogP contribution in [0.4, 0.5) is 0 Å². The molecule has 0 aliphatic heterocycles. The summed E-state index contributed by atoms with van der Waals surface area (Å²) < 4.78 is 0. The minimum absolute atomic E-state index is 0.732. The smallest absolute Gasteiger partial charge is 0.160 e. The van der Waals surface area contributed by atoms with Gasteiger partial charge < -0.3 is 0 Å². The third-order valence-electron chi connectivity index (χ3n) is 2.84. The normalized spacial score (nSPS) is 10.7. The van der Waals surface area contributed by atoms with Crippen molar-refractivity contribution in [3.8, 4) is 11.4 Å². The van der Waals surface area contributed by atoms with Crippen LogP contribution >= 0.6 is 15.9 Å². The predicted molar refractivity (Wildman–Crippen MR) is 77.6 cm³/mol. The number of rotatable bonds is 2. The molecular weight excluding hydrogens is 288 g/mol. The molecule has 0 radical (unpaired) electrons. The summed E-state index contributed by atoms with van der Waals surface area (Å²) in [5.74, 6) is 0.781. The average Bonchev–Trinajstić information content (AvgIpc) is 2.47. The van der Waals surface area contributed by atoms with E-state index >= 15 is 0 Å². The molecule has 1 aromatic heterocycles. The van der Waals surface area contributed by atoms with Gasteiger partial charge in [-0.3, -0.25) is 0 Å². The zero-order chi connectivity index (χ0) is 12.4. The highest BCUT2D eigenvalue weighted by molar-refractivity contribution is 9.08. The molecule has 88 valence electrons. The largest absolute Gasteiger partial charge is 0.232 e. The highest BCUT2D eigenvalue weighted by Crippen LogP contribution is 2.22. The Kier molecular flexibility index (Phi) is 3.07. The van der Waals surface area contributed by atoms with E-state index in [1.54, 1.807) is 0 Å². The lowest BCUT2D eigenvalue weighted by atomic mass is 10.1. The molecule has 0 fully saturated rings. The topological polar surface area (TPSA) is 25.8 Å². The number of halogens is 1. The second-order valence-corrected chi connectivity index (χ2v) is 4.57. The van der Waals surface area contributed by atoms with Gasteiger partial charge in [0.15, 0.2) is 5.82 Å². The molecule has 3 aromatic rings. The van der Waals surface area contributed by atoms with Crippen LogP contribution in [0.2, 0.25) is 0 Å². The van der Waals surface area contributed by atoms with E-state index in [2.05, 4.69) is 32.0 Å². The van der Waals surface area contributed by atoms with Gasteiger partial charge in [0.25, 0.3) is 0 Å². The standard InChI is InChI=1S/C15H11BrN2/c16-10-14-12-8-4-5-9-13(12)17-15(18-14)11-6-2-1-3-7-11/h1-9H,10H2. The van der Waals surface area contributed by atoms with Gasteiger partial charge in [0.05, 0.1) is 11.2 Å². The van der Waals surface area contributed by atoms with Gasteiger partial charge in [0.2, 0.25) is 0 Å². The van der Waals surface area contributed by atoms with Crippen LogP contribution in [0.25, 0.3) is 22.3 Å². The highest BCUT2D eigenvalue weighted by atomic mass is 79.9. The fourth-order valence-electron chi connectivity index (χ4n) is 1.96. The molecule has 0 spiro atoms. The van der Waals surface area contributed by atoms with Crippen molar-refractivity contribution < 1.29 is 0 Å². The molecular formula is C15H11BrN2. The third-order valence-corrected chi connectivity index (χ3v) is 3.37. The van der Waals surface area contributed by atoms with Gasteiger partial charge in [0, 0.05) is 16.3 Å². The van der Waals surface area contributed by atoms with Crippen molar-refractivity contribution in [1.29, 1.82) is 0 Å². The molecule has 0 atom stereocenters. The molecule has 0 amide bonds. The minimum atomic E-state index is 0.732. The van der Waals surface area contributed by atoms with Crippen LogP contribution in [-0.2, 0) is 5.33 Å². The van der Waals surface area contributed by atoms with Crippen LogP contribution in [0.3, 0.4) is 0 Å². The Labute approximate surface area is 114 Å². The molecule has 1 heterocycles. The van der Waals surface area contributed by atoms with E-state index in [-0.39, 0.29) is 0 Å². The summed E-state index contributed by atoms with van der Waals surface area (Å²) in [5, 5.41) is 1.84. The summed E-state index contributed by atoms with van der Waals surface area (Å²) in [4.78, 5) is 9.25. The Bertz CT molecular complexity index is 680. The monoisotopic (exact) mass is 298 g/mol. The van der Waals surface area contributed by atoms with Crippen LogP contribution < -0.4 is 0 Å². The van der Waals surface area contributed by atoms with Crippen molar-refractivity contribution >= 4 is 26.8 Å². The number of fused-ring (bicyclic) bond motifs is 1. The highest BCUT2D eigenvalue weighted by Gasteiger charge is 2.07. The lowest BCUT2D eigenvalue weighted by molar-refractivity contribution is 1.15. The maximum atomic E-state index is 4.63. The van der Waals surface area contributed by atoms with Gasteiger partial charge in [-0.2, -0.15) is 0 Å². The van der Waals surface area contributed by atoms with Crippen LogP contribution in [-0.4, -0.2) is 9.97 Å². The molecule has 0 aliphatic carbocycles. The quantitative estimate of drug-likeness (QED) is 0.663. The van der Waals surface area contributed by atoms with Crippen molar-refractivity contribution in [2.45, 2.75) is 5.33 Å². The number of alkyl halides is 1. The van der Waals surface area contributed by atoms with Crippen molar-refractivity contribution in [3.05, 3.63) is 60.3 Å². The summed E-state index contributed by atoms with van der Waals surface area (Å²) >= 11 is 3.50. The molecule has 3 rings (SSSR count). The first-order valence-electron chi connectivity index (χ1n) is 5.75. The second kappa shape index (κ2) is 4.86. The summed E-state index contributed by atoms with van der Waals surface area (Å²) in [7, 11) is 0. The zero-order valence-electron chi connectivity index (χ0n) is 9.68. The fourth-order valence-corrected chi connectivity index (χ4v) is 2.39. The molecule has 0 N–H and O–H groups in total. The summed E-state index contributed by atoms with van der Waals surface area (Å²) in [6.07, 6.45) is 0. The summed E-state index contributed by atoms with van der Waals surface area (Å²) in [5.41, 5.74) is 3.06. The Hall–Kier alpha value is -1.74. The lowest BCUT2D eigenvalue weighted by Gasteiger charge is -2.06. The van der Waals surface area contributed by atoms with E-state index in [0.717, 1.165) is 33.3 Å². The molecule has 2 aromatic carbocycles. The molecule has 0 saturated heterocycles. The molecule has 0 unspecified atom stereocenters. The van der Waals surface area contributed by atoms with E-state index in [1.807, 2.05) is 48.5 Å². The van der Waals surface area contributed by atoms with Gasteiger partial charge in [0.1, 0.15) is 0 Å². The maximum Gasteiger partial charge on any atom is 0.160 e. The average molecular weight is 299 g/mol. The number of benzene rings is 2. The van der Waals surface area contributed by atoms with Crippen molar-refractivity contribution in [2.24, 2.45) is 0 Å². The van der Waals surface area contributed by atoms with Gasteiger partial charge in [-0.05, 0) is 6.07 Å². The minimum Gasteiger partial charge on any atom is -0.232 e. The second-order valence-electron chi connectivity index (χ2n) is 4.01. The van der Waals surface area contributed by atoms with Gasteiger partial charge in [-0.1, -0.05) is 64.5 Å². The number of hydrogen-bond donors (Lipinski definition) is 0. The maximum absolute atomic E-state index is 4.63. The van der Waals surface area contributed by atoms with E-state index in [0.29, 0.717) is 0 Å². The molecule has 0 saturated carbocycles. The molecule has 18 heavy (non-hydrogen) atoms. The van der Waals surface area contributed by atoms with E-state index in [9.17, 15) is 0 Å². The molecule has 3 heteroatoms. The Morgan fingerprint density at radius 3 is 2.33 bits per heavy atom. The molecule has 2 nitrogen and oxygen atoms in total. The number of nitrogens with zero attached hydrogens (tertiary/aromatic N) is 2. The zero-order valence-corrected chi connectivity index (χ0v) is 11.3. The summed E-state index contributed by atoms with van der Waals surface area (Å²) in [6.45, 7) is 0. The first-order chi connectivity index (χ1) is 8.88. The van der Waals surface area contributed by atoms with Crippen molar-refractivity contribution in [3.63, 3.8) is 0 Å². The van der Waals surface area contributed by atoms with Crippen LogP contribution in [0.1, 0.15) is 5.69 Å². The van der Waals surface area contributed by atoms with E-state index in [4.69, 9.17) is 0 Å². The summed E-state index contributed by atoms with van der Waals surface area (Å²) in [6, 6.07) is 18.2. The lowest BCUT2D eigenvalue weighted by Crippen LogP contribution is -1.95. The van der Waals surface area contributed by atoms with Crippen LogP contribution in [0, 0.1) is 0 Å². The van der Waals surface area contributed by atoms with E-state index in [1.165, 1.54) is 0 Å². The van der Waals surface area contributed by atoms with Crippen LogP contribution in [0.5, 0.6) is 0 Å². The van der Waals surface area contributed by atoms with Crippen LogP contribution in [0.15, 0.2) is 54.6 Å². The van der Waals surface area contributed by atoms with Gasteiger partial charge in [-0.25, -0.2) is 9.97 Å². The van der Waals surface area contributed by atoms with Crippen molar-refractivity contribution in [2.75, 3.05) is 0 Å². The number of para-hydroxylation sites is 1. The Morgan fingerprint density at radius 1 is 0.833 bits per heavy atom. The SMILES string of the molecule is BrCc1nc(-c2ccccc2)nc2ccccc12. The first kappa shape index (κ1) is 11.4. The van der Waals surface area contributed by atoms with Gasteiger partial charge in [-0.15, -0.1) is 0 Å². The van der Waals surface area contributed by atoms with Gasteiger partial charge >= 0.3 is 0 Å². The molecule has 0 aliphatic rings. The first-order valence-corrected chi connectivity index (χ1v) is 6.87. The van der Waals surface area contributed by atoms with Crippen molar-refractivity contribution in [1.82, 2.24) is 9.97 Å².